The van der Waals surface area contributed by atoms with Crippen LogP contribution in [0.2, 0.25) is 0 Å². The number of hydrogen-bond donors (Lipinski definition) is 3. The van der Waals surface area contributed by atoms with Crippen molar-refractivity contribution < 1.29 is 9.50 Å². The van der Waals surface area contributed by atoms with Crippen LogP contribution in [0.15, 0.2) is 23.1 Å². The van der Waals surface area contributed by atoms with Crippen LogP contribution >= 0.6 is 11.8 Å². The number of aliphatic hydroxyl groups is 1. The van der Waals surface area contributed by atoms with Crippen molar-refractivity contribution in [3.63, 3.8) is 0 Å². The van der Waals surface area contributed by atoms with Crippen LogP contribution in [0.3, 0.4) is 0 Å². The summed E-state index contributed by atoms with van der Waals surface area (Å²) < 4.78 is 13.2. The van der Waals surface area contributed by atoms with E-state index in [4.69, 9.17) is 16.2 Å². The fourth-order valence-corrected chi connectivity index (χ4v) is 1.88. The predicted molar refractivity (Wildman–Crippen MR) is 55.2 cm³/mol. The molecule has 0 bridgehead atoms. The Morgan fingerprint density at radius 2 is 2.29 bits per heavy atom. The summed E-state index contributed by atoms with van der Waals surface area (Å²) in [6.45, 7) is 0.0124. The lowest BCUT2D eigenvalue weighted by Crippen LogP contribution is -2.14. The summed E-state index contributed by atoms with van der Waals surface area (Å²) in [4.78, 5) is 0.589. The average molecular weight is 214 g/mol. The molecule has 0 saturated carbocycles. The van der Waals surface area contributed by atoms with Gasteiger partial charge in [-0.1, -0.05) is 6.07 Å². The van der Waals surface area contributed by atoms with Crippen LogP contribution in [0, 0.1) is 11.2 Å². The van der Waals surface area contributed by atoms with Crippen molar-refractivity contribution in [2.24, 2.45) is 5.73 Å². The third kappa shape index (κ3) is 2.46. The first kappa shape index (κ1) is 11.0. The molecule has 14 heavy (non-hydrogen) atoms. The Balaban J connectivity index is 3.02. The molecule has 0 spiro atoms. The number of benzene rings is 1. The van der Waals surface area contributed by atoms with Gasteiger partial charge in [0.1, 0.15) is 11.7 Å². The largest absolute Gasteiger partial charge is 0.396 e. The summed E-state index contributed by atoms with van der Waals surface area (Å²) in [5, 5.41) is 15.8. The van der Waals surface area contributed by atoms with Crippen LogP contribution in [0.1, 0.15) is 5.56 Å². The predicted octanol–water partition coefficient (Wildman–Crippen LogP) is 1.19. The average Bonchev–Trinajstić information content (AvgIpc) is 2.14. The summed E-state index contributed by atoms with van der Waals surface area (Å²) >= 11 is 1.28. The Kier molecular flexibility index (Phi) is 3.91. The molecule has 0 aliphatic rings. The second kappa shape index (κ2) is 4.97. The number of thioether (sulfide) groups is 1. The van der Waals surface area contributed by atoms with E-state index in [0.29, 0.717) is 10.6 Å². The molecule has 3 nitrogen and oxygen atoms in total. The van der Waals surface area contributed by atoms with Crippen LogP contribution in [0.5, 0.6) is 0 Å². The van der Waals surface area contributed by atoms with Gasteiger partial charge in [-0.15, -0.1) is 11.8 Å². The Morgan fingerprint density at radius 3 is 2.86 bits per heavy atom. The van der Waals surface area contributed by atoms with Gasteiger partial charge in [0.25, 0.3) is 0 Å². The van der Waals surface area contributed by atoms with Crippen molar-refractivity contribution in [2.45, 2.75) is 4.90 Å². The Hall–Kier alpha value is -1.07. The van der Waals surface area contributed by atoms with E-state index in [-0.39, 0.29) is 18.0 Å². The normalized spacial score (nSPS) is 10.1. The first-order valence-corrected chi connectivity index (χ1v) is 5.02. The van der Waals surface area contributed by atoms with E-state index in [9.17, 15) is 4.39 Å². The number of halogens is 1. The first-order valence-electron chi connectivity index (χ1n) is 4.03. The van der Waals surface area contributed by atoms with Gasteiger partial charge >= 0.3 is 0 Å². The van der Waals surface area contributed by atoms with Gasteiger partial charge in [-0.25, -0.2) is 4.39 Å². The molecule has 1 aromatic carbocycles. The van der Waals surface area contributed by atoms with Gasteiger partial charge < -0.3 is 10.8 Å². The monoisotopic (exact) mass is 214 g/mol. The Morgan fingerprint density at radius 1 is 1.57 bits per heavy atom. The summed E-state index contributed by atoms with van der Waals surface area (Å²) in [5.41, 5.74) is 5.37. The number of nitrogens with two attached hydrogens (primary N) is 1. The zero-order valence-electron chi connectivity index (χ0n) is 7.46. The van der Waals surface area contributed by atoms with Crippen molar-refractivity contribution in [1.82, 2.24) is 0 Å². The highest BCUT2D eigenvalue weighted by atomic mass is 32.2. The summed E-state index contributed by atoms with van der Waals surface area (Å²) in [5.74, 6) is -0.326. The fourth-order valence-electron chi connectivity index (χ4n) is 1.04. The zero-order chi connectivity index (χ0) is 10.6. The van der Waals surface area contributed by atoms with Crippen molar-refractivity contribution >= 4 is 17.6 Å². The molecule has 1 rings (SSSR count). The number of amidine groups is 1. The third-order valence-corrected chi connectivity index (χ3v) is 2.63. The summed E-state index contributed by atoms with van der Waals surface area (Å²) in [6.07, 6.45) is 0. The van der Waals surface area contributed by atoms with E-state index >= 15 is 0 Å². The quantitative estimate of drug-likeness (QED) is 0.400. The van der Waals surface area contributed by atoms with Gasteiger partial charge in [0, 0.05) is 10.6 Å². The van der Waals surface area contributed by atoms with E-state index < -0.39 is 5.82 Å². The SMILES string of the molecule is N=C(N)c1c(F)cccc1SCCO. The summed E-state index contributed by atoms with van der Waals surface area (Å²) in [6, 6.07) is 4.50. The molecule has 0 aliphatic carbocycles. The maximum Gasteiger partial charge on any atom is 0.135 e. The number of nitrogen functional groups attached to an aromatic ring is 1. The highest BCUT2D eigenvalue weighted by Crippen LogP contribution is 2.24. The van der Waals surface area contributed by atoms with Crippen LogP contribution in [-0.2, 0) is 0 Å². The van der Waals surface area contributed by atoms with Crippen molar-refractivity contribution in [3.8, 4) is 0 Å². The lowest BCUT2D eigenvalue weighted by molar-refractivity contribution is 0.322. The fraction of sp³-hybridized carbons (Fsp3) is 0.222. The van der Waals surface area contributed by atoms with Gasteiger partial charge in [0.2, 0.25) is 0 Å². The number of nitrogens with one attached hydrogen (secondary N) is 1. The highest BCUT2D eigenvalue weighted by molar-refractivity contribution is 7.99. The van der Waals surface area contributed by atoms with Crippen LogP contribution < -0.4 is 5.73 Å². The van der Waals surface area contributed by atoms with Gasteiger partial charge in [0.05, 0.1) is 12.2 Å². The molecular formula is C9H11FN2OS. The van der Waals surface area contributed by atoms with E-state index in [0.717, 1.165) is 0 Å². The molecular weight excluding hydrogens is 203 g/mol. The van der Waals surface area contributed by atoms with E-state index in [1.54, 1.807) is 12.1 Å². The van der Waals surface area contributed by atoms with Crippen molar-refractivity contribution in [2.75, 3.05) is 12.4 Å². The molecule has 0 unspecified atom stereocenters. The van der Waals surface area contributed by atoms with E-state index in [1.165, 1.54) is 17.8 Å². The molecule has 4 N–H and O–H groups in total. The van der Waals surface area contributed by atoms with Gasteiger partial charge in [-0.05, 0) is 12.1 Å². The van der Waals surface area contributed by atoms with Crippen molar-refractivity contribution in [1.29, 1.82) is 5.41 Å². The minimum atomic E-state index is -0.500. The van der Waals surface area contributed by atoms with E-state index in [2.05, 4.69) is 0 Å². The van der Waals surface area contributed by atoms with Crippen LogP contribution in [-0.4, -0.2) is 23.3 Å². The molecule has 1 aromatic rings. The zero-order valence-corrected chi connectivity index (χ0v) is 8.27. The smallest absolute Gasteiger partial charge is 0.135 e. The number of rotatable bonds is 4. The third-order valence-electron chi connectivity index (χ3n) is 1.59. The summed E-state index contributed by atoms with van der Waals surface area (Å²) in [7, 11) is 0. The van der Waals surface area contributed by atoms with Crippen molar-refractivity contribution in [3.05, 3.63) is 29.6 Å². The molecule has 0 atom stereocenters. The lowest BCUT2D eigenvalue weighted by atomic mass is 10.2. The second-order valence-electron chi connectivity index (χ2n) is 2.60. The van der Waals surface area contributed by atoms with Gasteiger partial charge in [-0.3, -0.25) is 5.41 Å². The van der Waals surface area contributed by atoms with Gasteiger partial charge in [-0.2, -0.15) is 0 Å². The molecule has 0 fully saturated rings. The van der Waals surface area contributed by atoms with Gasteiger partial charge in [0.15, 0.2) is 0 Å². The standard InChI is InChI=1S/C9H11FN2OS/c10-6-2-1-3-7(14-5-4-13)8(6)9(11)12/h1-3,13H,4-5H2,(H3,11,12). The highest BCUT2D eigenvalue weighted by Gasteiger charge is 2.10. The number of hydrogen-bond acceptors (Lipinski definition) is 3. The minimum Gasteiger partial charge on any atom is -0.396 e. The minimum absolute atomic E-state index is 0.0124. The molecule has 0 amide bonds. The topological polar surface area (TPSA) is 70.1 Å². The second-order valence-corrected chi connectivity index (χ2v) is 3.74. The maximum absolute atomic E-state index is 13.2. The Bertz CT molecular complexity index is 344. The Labute approximate surface area is 85.6 Å². The van der Waals surface area contributed by atoms with Crippen LogP contribution in [0.25, 0.3) is 0 Å². The number of aliphatic hydroxyl groups excluding tert-OH is 1. The maximum atomic E-state index is 13.2. The first-order chi connectivity index (χ1) is 6.66. The molecule has 5 heteroatoms. The lowest BCUT2D eigenvalue weighted by Gasteiger charge is -2.07. The molecule has 0 radical (unpaired) electrons. The molecule has 0 aromatic heterocycles. The molecule has 0 heterocycles. The van der Waals surface area contributed by atoms with E-state index in [1.807, 2.05) is 0 Å². The van der Waals surface area contributed by atoms with Crippen LogP contribution in [0.4, 0.5) is 4.39 Å². The molecule has 0 aliphatic heterocycles. The molecule has 76 valence electrons. The molecule has 0 saturated heterocycles.